The van der Waals surface area contributed by atoms with Gasteiger partial charge in [0.2, 0.25) is 0 Å². The van der Waals surface area contributed by atoms with Gasteiger partial charge in [0, 0.05) is 10.0 Å². The fourth-order valence-electron chi connectivity index (χ4n) is 2.74. The first-order valence-electron chi connectivity index (χ1n) is 8.03. The fourth-order valence-corrected chi connectivity index (χ4v) is 3.46. The molecule has 25 heavy (non-hydrogen) atoms. The SMILES string of the molecule is C[C@H](NC(=O)c1cccc(C(F)(F)F)c1)c1ccc(C2CC2)c(Br)c1. The van der Waals surface area contributed by atoms with Crippen LogP contribution >= 0.6 is 15.9 Å². The van der Waals surface area contributed by atoms with Crippen molar-refractivity contribution in [2.75, 3.05) is 0 Å². The van der Waals surface area contributed by atoms with Gasteiger partial charge in [0.1, 0.15) is 0 Å². The lowest BCUT2D eigenvalue weighted by atomic mass is 10.0. The number of alkyl halides is 3. The lowest BCUT2D eigenvalue weighted by Gasteiger charge is -2.16. The Kier molecular flexibility index (Phi) is 4.91. The summed E-state index contributed by atoms with van der Waals surface area (Å²) in [6, 6.07) is 10.1. The van der Waals surface area contributed by atoms with Crippen LogP contribution in [0.25, 0.3) is 0 Å². The second-order valence-corrected chi connectivity index (χ2v) is 7.18. The first kappa shape index (κ1) is 18.0. The zero-order valence-corrected chi connectivity index (χ0v) is 15.1. The molecule has 0 spiro atoms. The molecule has 0 aliphatic heterocycles. The molecule has 1 N–H and O–H groups in total. The van der Waals surface area contributed by atoms with Gasteiger partial charge in [-0.25, -0.2) is 0 Å². The van der Waals surface area contributed by atoms with Crippen molar-refractivity contribution in [1.82, 2.24) is 5.32 Å². The summed E-state index contributed by atoms with van der Waals surface area (Å²) in [5, 5.41) is 2.76. The Morgan fingerprint density at radius 2 is 1.92 bits per heavy atom. The number of carbonyl (C=O) groups is 1. The van der Waals surface area contributed by atoms with E-state index in [4.69, 9.17) is 0 Å². The van der Waals surface area contributed by atoms with E-state index in [2.05, 4.69) is 21.2 Å². The van der Waals surface area contributed by atoms with Gasteiger partial charge in [-0.2, -0.15) is 13.2 Å². The number of hydrogen-bond donors (Lipinski definition) is 1. The van der Waals surface area contributed by atoms with Crippen LogP contribution in [0.3, 0.4) is 0 Å². The summed E-state index contributed by atoms with van der Waals surface area (Å²) in [7, 11) is 0. The monoisotopic (exact) mass is 411 g/mol. The van der Waals surface area contributed by atoms with Gasteiger partial charge in [0.25, 0.3) is 5.91 Å². The summed E-state index contributed by atoms with van der Waals surface area (Å²) in [6.45, 7) is 1.81. The predicted molar refractivity (Wildman–Crippen MR) is 93.4 cm³/mol. The van der Waals surface area contributed by atoms with Crippen LogP contribution in [-0.4, -0.2) is 5.91 Å². The average molecular weight is 412 g/mol. The quantitative estimate of drug-likeness (QED) is 0.672. The van der Waals surface area contributed by atoms with Crippen molar-refractivity contribution in [2.24, 2.45) is 0 Å². The van der Waals surface area contributed by atoms with Gasteiger partial charge >= 0.3 is 6.18 Å². The zero-order valence-electron chi connectivity index (χ0n) is 13.5. The van der Waals surface area contributed by atoms with Crippen LogP contribution in [0.5, 0.6) is 0 Å². The lowest BCUT2D eigenvalue weighted by molar-refractivity contribution is -0.137. The van der Waals surface area contributed by atoms with Crippen LogP contribution in [0, 0.1) is 0 Å². The normalized spacial score (nSPS) is 15.7. The Morgan fingerprint density at radius 3 is 2.52 bits per heavy atom. The molecule has 6 heteroatoms. The summed E-state index contributed by atoms with van der Waals surface area (Å²) in [5.74, 6) is 0.0828. The molecule has 0 bridgehead atoms. The van der Waals surface area contributed by atoms with Crippen LogP contribution in [0.15, 0.2) is 46.9 Å². The molecule has 2 nitrogen and oxygen atoms in total. The van der Waals surface area contributed by atoms with E-state index in [-0.39, 0.29) is 11.6 Å². The van der Waals surface area contributed by atoms with Crippen LogP contribution < -0.4 is 5.32 Å². The second-order valence-electron chi connectivity index (χ2n) is 6.33. The van der Waals surface area contributed by atoms with Crippen LogP contribution in [0.1, 0.15) is 58.8 Å². The molecule has 1 aliphatic rings. The highest BCUT2D eigenvalue weighted by Gasteiger charge is 2.31. The topological polar surface area (TPSA) is 29.1 Å². The van der Waals surface area contributed by atoms with E-state index in [9.17, 15) is 18.0 Å². The van der Waals surface area contributed by atoms with Crippen molar-refractivity contribution in [3.8, 4) is 0 Å². The average Bonchev–Trinajstić information content (AvgIpc) is 3.38. The third kappa shape index (κ3) is 4.24. The number of nitrogens with one attached hydrogen (secondary N) is 1. The van der Waals surface area contributed by atoms with Crippen molar-refractivity contribution < 1.29 is 18.0 Å². The summed E-state index contributed by atoms with van der Waals surface area (Å²) in [5.41, 5.74) is 1.33. The highest BCUT2D eigenvalue weighted by atomic mass is 79.9. The predicted octanol–water partition coefficient (Wildman–Crippen LogP) is 5.84. The molecule has 1 amide bonds. The number of benzene rings is 2. The zero-order chi connectivity index (χ0) is 18.2. The molecule has 1 fully saturated rings. The molecule has 0 aromatic heterocycles. The Bertz CT molecular complexity index is 799. The highest BCUT2D eigenvalue weighted by molar-refractivity contribution is 9.10. The van der Waals surface area contributed by atoms with Gasteiger partial charge in [0.15, 0.2) is 0 Å². The number of rotatable bonds is 4. The minimum Gasteiger partial charge on any atom is -0.346 e. The Morgan fingerprint density at radius 1 is 1.20 bits per heavy atom. The van der Waals surface area contributed by atoms with E-state index in [1.165, 1.54) is 30.5 Å². The van der Waals surface area contributed by atoms with Crippen LogP contribution in [-0.2, 0) is 6.18 Å². The third-order valence-corrected chi connectivity index (χ3v) is 5.03. The standard InChI is InChI=1S/C19H17BrF3NO/c1-11(13-7-8-16(12-5-6-12)17(20)10-13)24-18(25)14-3-2-4-15(9-14)19(21,22)23/h2-4,7-12H,5-6H2,1H3,(H,24,25)/t11-/m0/s1. The maximum atomic E-state index is 12.8. The molecular weight excluding hydrogens is 395 g/mol. The van der Waals surface area contributed by atoms with Crippen molar-refractivity contribution in [3.63, 3.8) is 0 Å². The molecule has 0 unspecified atom stereocenters. The fraction of sp³-hybridized carbons (Fsp3) is 0.316. The summed E-state index contributed by atoms with van der Waals surface area (Å²) < 4.78 is 39.3. The smallest absolute Gasteiger partial charge is 0.346 e. The summed E-state index contributed by atoms with van der Waals surface area (Å²) >= 11 is 3.56. The molecule has 0 saturated heterocycles. The molecule has 1 aliphatic carbocycles. The lowest BCUT2D eigenvalue weighted by Crippen LogP contribution is -2.27. The molecule has 0 radical (unpaired) electrons. The number of hydrogen-bond acceptors (Lipinski definition) is 1. The maximum absolute atomic E-state index is 12.8. The maximum Gasteiger partial charge on any atom is 0.416 e. The van der Waals surface area contributed by atoms with E-state index < -0.39 is 17.6 Å². The van der Waals surface area contributed by atoms with Crippen molar-refractivity contribution in [2.45, 2.75) is 37.9 Å². The number of amides is 1. The number of halogens is 4. The van der Waals surface area contributed by atoms with Crippen molar-refractivity contribution >= 4 is 21.8 Å². The molecule has 2 aromatic rings. The first-order chi connectivity index (χ1) is 11.8. The first-order valence-corrected chi connectivity index (χ1v) is 8.82. The molecule has 1 saturated carbocycles. The molecule has 132 valence electrons. The van der Waals surface area contributed by atoms with Crippen molar-refractivity contribution in [1.29, 1.82) is 0 Å². The summed E-state index contributed by atoms with van der Waals surface area (Å²) in [4.78, 5) is 12.3. The summed E-state index contributed by atoms with van der Waals surface area (Å²) in [6.07, 6.45) is -2.08. The van der Waals surface area contributed by atoms with E-state index in [0.717, 1.165) is 22.2 Å². The van der Waals surface area contributed by atoms with Gasteiger partial charge in [-0.3, -0.25) is 4.79 Å². The minimum absolute atomic E-state index is 0.00431. The second kappa shape index (κ2) is 6.83. The molecular formula is C19H17BrF3NO. The third-order valence-electron chi connectivity index (χ3n) is 4.34. The van der Waals surface area contributed by atoms with Gasteiger partial charge < -0.3 is 5.32 Å². The van der Waals surface area contributed by atoms with Gasteiger partial charge in [-0.05, 0) is 61.1 Å². The highest BCUT2D eigenvalue weighted by Crippen LogP contribution is 2.43. The Hall–Kier alpha value is -1.82. The van der Waals surface area contributed by atoms with E-state index in [0.29, 0.717) is 5.92 Å². The van der Waals surface area contributed by atoms with E-state index >= 15 is 0 Å². The molecule has 2 aromatic carbocycles. The van der Waals surface area contributed by atoms with Gasteiger partial charge in [-0.1, -0.05) is 34.1 Å². The van der Waals surface area contributed by atoms with Crippen LogP contribution in [0.4, 0.5) is 13.2 Å². The largest absolute Gasteiger partial charge is 0.416 e. The van der Waals surface area contributed by atoms with Gasteiger partial charge in [0.05, 0.1) is 11.6 Å². The van der Waals surface area contributed by atoms with E-state index in [1.807, 2.05) is 25.1 Å². The molecule has 1 atom stereocenters. The number of carbonyl (C=O) groups excluding carboxylic acids is 1. The Balaban J connectivity index is 1.73. The van der Waals surface area contributed by atoms with E-state index in [1.54, 1.807) is 0 Å². The Labute approximate surface area is 152 Å². The van der Waals surface area contributed by atoms with Gasteiger partial charge in [-0.15, -0.1) is 0 Å². The molecule has 3 rings (SSSR count). The minimum atomic E-state index is -4.47. The van der Waals surface area contributed by atoms with Crippen LogP contribution in [0.2, 0.25) is 0 Å². The molecule has 0 heterocycles. The van der Waals surface area contributed by atoms with Crippen molar-refractivity contribution in [3.05, 3.63) is 69.2 Å².